The van der Waals surface area contributed by atoms with Crippen LogP contribution in [0.5, 0.6) is 0 Å². The van der Waals surface area contributed by atoms with E-state index in [0.717, 1.165) is 31.5 Å². The van der Waals surface area contributed by atoms with Gasteiger partial charge in [-0.1, -0.05) is 29.8 Å². The van der Waals surface area contributed by atoms with Crippen molar-refractivity contribution in [2.24, 2.45) is 5.92 Å². The van der Waals surface area contributed by atoms with Gasteiger partial charge in [-0.15, -0.1) is 0 Å². The Bertz CT molecular complexity index is 445. The van der Waals surface area contributed by atoms with Gasteiger partial charge in [-0.05, 0) is 52.3 Å². The van der Waals surface area contributed by atoms with Crippen LogP contribution in [0.3, 0.4) is 0 Å². The second-order valence-corrected chi connectivity index (χ2v) is 6.26. The molecule has 0 atom stereocenters. The molecule has 3 nitrogen and oxygen atoms in total. The van der Waals surface area contributed by atoms with Gasteiger partial charge in [-0.2, -0.15) is 0 Å². The molecule has 0 aromatic heterocycles. The molecule has 0 saturated carbocycles. The van der Waals surface area contributed by atoms with Gasteiger partial charge in [0.1, 0.15) is 5.60 Å². The minimum Gasteiger partial charge on any atom is -0.459 e. The molecule has 0 bridgehead atoms. The monoisotopic (exact) mass is 275 g/mol. The Hall–Kier alpha value is -1.35. The van der Waals surface area contributed by atoms with Gasteiger partial charge in [-0.3, -0.25) is 4.79 Å². The molecule has 0 spiro atoms. The Morgan fingerprint density at radius 3 is 2.45 bits per heavy atom. The molecular formula is C17H25NO2. The SMILES string of the molecule is Cc1ccc(CC(=O)OC(C)(C)C2CCNCC2)cc1. The van der Waals surface area contributed by atoms with Crippen molar-refractivity contribution in [1.82, 2.24) is 5.32 Å². The number of carbonyl (C=O) groups excluding carboxylic acids is 1. The van der Waals surface area contributed by atoms with Crippen molar-refractivity contribution in [2.45, 2.75) is 45.6 Å². The summed E-state index contributed by atoms with van der Waals surface area (Å²) >= 11 is 0. The van der Waals surface area contributed by atoms with Gasteiger partial charge in [0.2, 0.25) is 0 Å². The maximum absolute atomic E-state index is 12.1. The van der Waals surface area contributed by atoms with Crippen molar-refractivity contribution in [3.63, 3.8) is 0 Å². The molecule has 1 heterocycles. The van der Waals surface area contributed by atoms with Gasteiger partial charge >= 0.3 is 5.97 Å². The highest BCUT2D eigenvalue weighted by Crippen LogP contribution is 2.29. The number of benzene rings is 1. The van der Waals surface area contributed by atoms with Crippen LogP contribution in [-0.2, 0) is 16.0 Å². The summed E-state index contributed by atoms with van der Waals surface area (Å²) in [6, 6.07) is 8.05. The molecule has 1 aromatic carbocycles. The normalized spacial score (nSPS) is 16.9. The first-order valence-electron chi connectivity index (χ1n) is 7.45. The third-order valence-electron chi connectivity index (χ3n) is 4.17. The summed E-state index contributed by atoms with van der Waals surface area (Å²) in [6.07, 6.45) is 2.50. The fourth-order valence-corrected chi connectivity index (χ4v) is 2.80. The zero-order valence-electron chi connectivity index (χ0n) is 12.7. The van der Waals surface area contributed by atoms with Crippen LogP contribution in [0.25, 0.3) is 0 Å². The first-order chi connectivity index (χ1) is 9.47. The van der Waals surface area contributed by atoms with Crippen LogP contribution in [0, 0.1) is 12.8 Å². The van der Waals surface area contributed by atoms with Gasteiger partial charge in [0.25, 0.3) is 0 Å². The van der Waals surface area contributed by atoms with E-state index in [4.69, 9.17) is 4.74 Å². The molecule has 3 heteroatoms. The van der Waals surface area contributed by atoms with Crippen molar-refractivity contribution in [3.8, 4) is 0 Å². The van der Waals surface area contributed by atoms with E-state index in [1.165, 1.54) is 5.56 Å². The van der Waals surface area contributed by atoms with E-state index in [-0.39, 0.29) is 11.6 Å². The maximum atomic E-state index is 12.1. The third kappa shape index (κ3) is 4.07. The van der Waals surface area contributed by atoms with E-state index in [0.29, 0.717) is 12.3 Å². The molecule has 0 radical (unpaired) electrons. The van der Waals surface area contributed by atoms with Crippen LogP contribution in [0.1, 0.15) is 37.8 Å². The number of ether oxygens (including phenoxy) is 1. The number of carbonyl (C=O) groups is 1. The first kappa shape index (κ1) is 15.0. The number of hydrogen-bond donors (Lipinski definition) is 1. The van der Waals surface area contributed by atoms with E-state index in [9.17, 15) is 4.79 Å². The van der Waals surface area contributed by atoms with Gasteiger partial charge in [0.05, 0.1) is 6.42 Å². The highest BCUT2D eigenvalue weighted by atomic mass is 16.6. The number of nitrogens with one attached hydrogen (secondary N) is 1. The lowest BCUT2D eigenvalue weighted by Gasteiger charge is -2.36. The van der Waals surface area contributed by atoms with Crippen LogP contribution in [0.4, 0.5) is 0 Å². The molecule has 20 heavy (non-hydrogen) atoms. The number of rotatable bonds is 4. The number of esters is 1. The molecule has 1 saturated heterocycles. The molecule has 1 aromatic rings. The van der Waals surface area contributed by atoms with E-state index in [2.05, 4.69) is 5.32 Å². The predicted octanol–water partition coefficient (Wildman–Crippen LogP) is 2.86. The second-order valence-electron chi connectivity index (χ2n) is 6.26. The lowest BCUT2D eigenvalue weighted by molar-refractivity contribution is -0.161. The lowest BCUT2D eigenvalue weighted by Crippen LogP contribution is -2.43. The summed E-state index contributed by atoms with van der Waals surface area (Å²) in [6.45, 7) is 8.15. The van der Waals surface area contributed by atoms with Gasteiger partial charge in [0, 0.05) is 5.92 Å². The van der Waals surface area contributed by atoms with Gasteiger partial charge in [0.15, 0.2) is 0 Å². The average molecular weight is 275 g/mol. The fourth-order valence-electron chi connectivity index (χ4n) is 2.80. The average Bonchev–Trinajstić information content (AvgIpc) is 2.42. The van der Waals surface area contributed by atoms with Crippen molar-refractivity contribution < 1.29 is 9.53 Å². The summed E-state index contributed by atoms with van der Waals surface area (Å²) in [4.78, 5) is 12.1. The molecule has 2 rings (SSSR count). The third-order valence-corrected chi connectivity index (χ3v) is 4.17. The zero-order chi connectivity index (χ0) is 14.6. The summed E-state index contributed by atoms with van der Waals surface area (Å²) in [7, 11) is 0. The molecular weight excluding hydrogens is 250 g/mol. The molecule has 1 aliphatic rings. The predicted molar refractivity (Wildman–Crippen MR) is 80.6 cm³/mol. The first-order valence-corrected chi connectivity index (χ1v) is 7.45. The molecule has 1 aliphatic heterocycles. The van der Waals surface area contributed by atoms with Crippen molar-refractivity contribution in [1.29, 1.82) is 0 Å². The lowest BCUT2D eigenvalue weighted by atomic mass is 9.83. The van der Waals surface area contributed by atoms with E-state index in [1.807, 2.05) is 45.0 Å². The smallest absolute Gasteiger partial charge is 0.310 e. The van der Waals surface area contributed by atoms with Crippen molar-refractivity contribution >= 4 is 5.97 Å². The van der Waals surface area contributed by atoms with Crippen LogP contribution in [0.15, 0.2) is 24.3 Å². The minimum absolute atomic E-state index is 0.127. The number of piperidine rings is 1. The Kier molecular flexibility index (Phi) is 4.81. The van der Waals surface area contributed by atoms with Crippen LogP contribution < -0.4 is 5.32 Å². The van der Waals surface area contributed by atoms with E-state index >= 15 is 0 Å². The fraction of sp³-hybridized carbons (Fsp3) is 0.588. The second kappa shape index (κ2) is 6.40. The molecule has 1 fully saturated rings. The summed E-state index contributed by atoms with van der Waals surface area (Å²) in [5.41, 5.74) is 1.85. The van der Waals surface area contributed by atoms with Crippen molar-refractivity contribution in [2.75, 3.05) is 13.1 Å². The van der Waals surface area contributed by atoms with Crippen LogP contribution >= 0.6 is 0 Å². The molecule has 1 N–H and O–H groups in total. The number of hydrogen-bond acceptors (Lipinski definition) is 3. The minimum atomic E-state index is -0.371. The van der Waals surface area contributed by atoms with Crippen LogP contribution in [-0.4, -0.2) is 24.7 Å². The Labute approximate surface area is 121 Å². The Morgan fingerprint density at radius 1 is 1.25 bits per heavy atom. The van der Waals surface area contributed by atoms with Crippen LogP contribution in [0.2, 0.25) is 0 Å². The topological polar surface area (TPSA) is 38.3 Å². The molecule has 0 aliphatic carbocycles. The highest BCUT2D eigenvalue weighted by Gasteiger charge is 2.33. The summed E-state index contributed by atoms with van der Waals surface area (Å²) in [5.74, 6) is 0.322. The molecule has 110 valence electrons. The standard InChI is InChI=1S/C17H25NO2/c1-13-4-6-14(7-5-13)12-16(19)20-17(2,3)15-8-10-18-11-9-15/h4-7,15,18H,8-12H2,1-3H3. The quantitative estimate of drug-likeness (QED) is 0.859. The molecule has 0 amide bonds. The van der Waals surface area contributed by atoms with Gasteiger partial charge in [-0.25, -0.2) is 0 Å². The maximum Gasteiger partial charge on any atom is 0.310 e. The largest absolute Gasteiger partial charge is 0.459 e. The zero-order valence-corrected chi connectivity index (χ0v) is 12.7. The Morgan fingerprint density at radius 2 is 1.85 bits per heavy atom. The van der Waals surface area contributed by atoms with Gasteiger partial charge < -0.3 is 10.1 Å². The van der Waals surface area contributed by atoms with E-state index in [1.54, 1.807) is 0 Å². The van der Waals surface area contributed by atoms with Crippen molar-refractivity contribution in [3.05, 3.63) is 35.4 Å². The number of aryl methyl sites for hydroxylation is 1. The summed E-state index contributed by atoms with van der Waals surface area (Å²) < 4.78 is 5.74. The molecule has 0 unspecified atom stereocenters. The Balaban J connectivity index is 1.90. The van der Waals surface area contributed by atoms with E-state index < -0.39 is 0 Å². The highest BCUT2D eigenvalue weighted by molar-refractivity contribution is 5.73. The summed E-state index contributed by atoms with van der Waals surface area (Å²) in [5, 5.41) is 3.34.